The number of piperazine rings is 1. The number of nitrogen functional groups attached to an aromatic ring is 1. The Kier molecular flexibility index (Phi) is 9.82. The van der Waals surface area contributed by atoms with Gasteiger partial charge in [0.1, 0.15) is 5.75 Å². The molecule has 0 radical (unpaired) electrons. The van der Waals surface area contributed by atoms with Gasteiger partial charge >= 0.3 is 0 Å². The molecule has 1 atom stereocenters. The van der Waals surface area contributed by atoms with Crippen LogP contribution in [-0.4, -0.2) is 78.9 Å². The number of anilines is 1. The van der Waals surface area contributed by atoms with E-state index in [4.69, 9.17) is 22.1 Å². The third kappa shape index (κ3) is 5.60. The zero-order valence-corrected chi connectivity index (χ0v) is 19.1. The topological polar surface area (TPSA) is 79.1 Å². The molecule has 0 saturated carbocycles. The number of ether oxygens (including phenoxy) is 1. The van der Waals surface area contributed by atoms with Crippen LogP contribution in [0.2, 0.25) is 5.02 Å². The highest BCUT2D eigenvalue weighted by atomic mass is 35.5. The molecule has 1 unspecified atom stereocenters. The van der Waals surface area contributed by atoms with Crippen molar-refractivity contribution in [3.63, 3.8) is 0 Å². The third-order valence-electron chi connectivity index (χ3n) is 5.47. The van der Waals surface area contributed by atoms with E-state index in [1.807, 2.05) is 11.8 Å². The van der Waals surface area contributed by atoms with Gasteiger partial charge < -0.3 is 20.3 Å². The molecule has 2 N–H and O–H groups in total. The van der Waals surface area contributed by atoms with Gasteiger partial charge in [-0.1, -0.05) is 11.6 Å². The lowest BCUT2D eigenvalue weighted by atomic mass is 10.1. The summed E-state index contributed by atoms with van der Waals surface area (Å²) in [6.07, 6.45) is 2.18. The van der Waals surface area contributed by atoms with Crippen molar-refractivity contribution in [3.05, 3.63) is 22.7 Å². The Labute approximate surface area is 189 Å². The molecule has 3 rings (SSSR count). The van der Waals surface area contributed by atoms with Crippen molar-refractivity contribution in [2.75, 3.05) is 52.1 Å². The van der Waals surface area contributed by atoms with Crippen molar-refractivity contribution in [1.82, 2.24) is 14.7 Å². The minimum Gasteiger partial charge on any atom is -0.496 e. The van der Waals surface area contributed by atoms with Gasteiger partial charge in [-0.25, -0.2) is 0 Å². The van der Waals surface area contributed by atoms with E-state index in [1.165, 1.54) is 7.11 Å². The van der Waals surface area contributed by atoms with Crippen LogP contribution in [0.5, 0.6) is 5.75 Å². The number of benzene rings is 1. The number of hydrogen-bond donors (Lipinski definition) is 1. The number of hydrogen-bond acceptors (Lipinski definition) is 5. The molecule has 1 aromatic rings. The van der Waals surface area contributed by atoms with E-state index >= 15 is 0 Å². The lowest BCUT2D eigenvalue weighted by Crippen LogP contribution is -2.55. The number of nitrogens with zero attached hydrogens (tertiary/aromatic N) is 3. The largest absolute Gasteiger partial charge is 0.496 e. The molecule has 0 aliphatic carbocycles. The molecule has 164 valence electrons. The molecule has 2 saturated heterocycles. The number of nitrogens with two attached hydrogens (primary N) is 1. The summed E-state index contributed by atoms with van der Waals surface area (Å²) in [4.78, 5) is 31.4. The fourth-order valence-electron chi connectivity index (χ4n) is 3.75. The molecule has 2 heterocycles. The second-order valence-corrected chi connectivity index (χ2v) is 7.52. The number of carbonyl (C=O) groups excluding carboxylic acids is 2. The maximum Gasteiger partial charge on any atom is 0.257 e. The van der Waals surface area contributed by atoms with E-state index < -0.39 is 0 Å². The Balaban J connectivity index is 0.00000210. The van der Waals surface area contributed by atoms with Gasteiger partial charge in [-0.2, -0.15) is 0 Å². The zero-order chi connectivity index (χ0) is 19.6. The molecule has 0 bridgehead atoms. The molecule has 2 amide bonds. The fraction of sp³-hybridized carbons (Fsp3) is 0.579. The lowest BCUT2D eigenvalue weighted by Gasteiger charge is -2.38. The van der Waals surface area contributed by atoms with Crippen LogP contribution in [0.3, 0.4) is 0 Å². The van der Waals surface area contributed by atoms with Crippen LogP contribution in [0.4, 0.5) is 5.69 Å². The van der Waals surface area contributed by atoms with Gasteiger partial charge in [-0.3, -0.25) is 14.5 Å². The molecular formula is C19H29Cl3N4O3. The van der Waals surface area contributed by atoms with Gasteiger partial charge in [0.05, 0.1) is 29.4 Å². The van der Waals surface area contributed by atoms with E-state index in [0.717, 1.165) is 25.9 Å². The van der Waals surface area contributed by atoms with Crippen LogP contribution >= 0.6 is 36.4 Å². The van der Waals surface area contributed by atoms with Crippen molar-refractivity contribution in [3.8, 4) is 5.75 Å². The summed E-state index contributed by atoms with van der Waals surface area (Å²) in [6, 6.07) is 2.98. The average Bonchev–Trinajstić information content (AvgIpc) is 3.23. The average molecular weight is 468 g/mol. The summed E-state index contributed by atoms with van der Waals surface area (Å²) in [7, 11) is 1.50. The first kappa shape index (κ1) is 25.6. The number of carbonyl (C=O) groups is 2. The zero-order valence-electron chi connectivity index (χ0n) is 16.7. The van der Waals surface area contributed by atoms with Gasteiger partial charge in [0, 0.05) is 45.3 Å². The van der Waals surface area contributed by atoms with E-state index in [9.17, 15) is 9.59 Å². The fourth-order valence-corrected chi connectivity index (χ4v) is 3.91. The first-order valence-corrected chi connectivity index (χ1v) is 9.75. The summed E-state index contributed by atoms with van der Waals surface area (Å²) in [5, 5.41) is 0.336. The van der Waals surface area contributed by atoms with Crippen molar-refractivity contribution in [2.45, 2.75) is 25.8 Å². The van der Waals surface area contributed by atoms with E-state index in [2.05, 4.69) is 4.90 Å². The summed E-state index contributed by atoms with van der Waals surface area (Å²) in [5.74, 6) is 0.480. The maximum absolute atomic E-state index is 12.9. The molecule has 7 nitrogen and oxygen atoms in total. The molecule has 0 aromatic heterocycles. The Morgan fingerprint density at radius 1 is 1.03 bits per heavy atom. The highest BCUT2D eigenvalue weighted by Crippen LogP contribution is 2.30. The van der Waals surface area contributed by atoms with Gasteiger partial charge in [-0.05, 0) is 25.8 Å². The van der Waals surface area contributed by atoms with Crippen molar-refractivity contribution >= 4 is 53.9 Å². The minimum absolute atomic E-state index is 0. The normalized spacial score (nSPS) is 17.9. The molecule has 2 fully saturated rings. The quantitative estimate of drug-likeness (QED) is 0.689. The van der Waals surface area contributed by atoms with Crippen LogP contribution in [0.25, 0.3) is 0 Å². The summed E-state index contributed by atoms with van der Waals surface area (Å²) in [5.41, 5.74) is 6.58. The number of likely N-dealkylation sites (tertiary alicyclic amines) is 1. The molecule has 2 aliphatic heterocycles. The minimum atomic E-state index is -0.152. The van der Waals surface area contributed by atoms with Gasteiger partial charge in [0.2, 0.25) is 5.91 Å². The van der Waals surface area contributed by atoms with E-state index in [0.29, 0.717) is 48.2 Å². The van der Waals surface area contributed by atoms with Crippen molar-refractivity contribution < 1.29 is 14.3 Å². The van der Waals surface area contributed by atoms with Gasteiger partial charge in [-0.15, -0.1) is 24.8 Å². The smallest absolute Gasteiger partial charge is 0.257 e. The molecule has 1 aromatic carbocycles. The SMILES string of the molecule is COc1cc(N)c(Cl)cc1C(=O)N1CCN(C(C)C(=O)N2CCCC2)CC1.Cl.Cl. The van der Waals surface area contributed by atoms with Crippen molar-refractivity contribution in [2.24, 2.45) is 0 Å². The Bertz CT molecular complexity index is 721. The second kappa shape index (κ2) is 11.1. The molecular weight excluding hydrogens is 439 g/mol. The van der Waals surface area contributed by atoms with Crippen LogP contribution in [0, 0.1) is 0 Å². The Hall–Kier alpha value is -1.41. The summed E-state index contributed by atoms with van der Waals surface area (Å²) in [6.45, 7) is 6.12. The summed E-state index contributed by atoms with van der Waals surface area (Å²) < 4.78 is 5.29. The Morgan fingerprint density at radius 2 is 1.62 bits per heavy atom. The van der Waals surface area contributed by atoms with Crippen molar-refractivity contribution in [1.29, 1.82) is 0 Å². The second-order valence-electron chi connectivity index (χ2n) is 7.11. The standard InChI is InChI=1S/C19H27ClN4O3.2ClH/c1-13(18(25)23-5-3-4-6-23)22-7-9-24(10-8-22)19(26)14-11-15(20)16(21)12-17(14)27-2;;/h11-13H,3-10,21H2,1-2H3;2*1H. The number of rotatable bonds is 4. The maximum atomic E-state index is 12.9. The van der Waals surface area contributed by atoms with Crippen LogP contribution in [0.1, 0.15) is 30.1 Å². The van der Waals surface area contributed by atoms with Crippen LogP contribution in [0.15, 0.2) is 12.1 Å². The summed E-state index contributed by atoms with van der Waals surface area (Å²) >= 11 is 6.09. The van der Waals surface area contributed by atoms with Gasteiger partial charge in [0.25, 0.3) is 5.91 Å². The highest BCUT2D eigenvalue weighted by Gasteiger charge is 2.31. The van der Waals surface area contributed by atoms with Crippen LogP contribution < -0.4 is 10.5 Å². The first-order valence-electron chi connectivity index (χ1n) is 9.37. The Morgan fingerprint density at radius 3 is 2.17 bits per heavy atom. The first-order chi connectivity index (χ1) is 12.9. The lowest BCUT2D eigenvalue weighted by molar-refractivity contribution is -0.135. The predicted octanol–water partition coefficient (Wildman–Crippen LogP) is 2.54. The monoisotopic (exact) mass is 466 g/mol. The number of methoxy groups -OCH3 is 1. The molecule has 0 spiro atoms. The predicted molar refractivity (Wildman–Crippen MR) is 120 cm³/mol. The number of halogens is 3. The van der Waals surface area contributed by atoms with Crippen LogP contribution in [-0.2, 0) is 4.79 Å². The van der Waals surface area contributed by atoms with Gasteiger partial charge in [0.15, 0.2) is 0 Å². The number of amides is 2. The molecule has 29 heavy (non-hydrogen) atoms. The van der Waals surface area contributed by atoms with E-state index in [1.54, 1.807) is 17.0 Å². The molecule has 10 heteroatoms. The van der Waals surface area contributed by atoms with E-state index in [-0.39, 0.29) is 42.7 Å². The third-order valence-corrected chi connectivity index (χ3v) is 5.80. The molecule has 2 aliphatic rings. The highest BCUT2D eigenvalue weighted by molar-refractivity contribution is 6.33.